The largest absolute Gasteiger partial charge is 0.473 e. The quantitative estimate of drug-likeness (QED) is 0.566. The fourth-order valence-electron chi connectivity index (χ4n) is 0.715. The Bertz CT molecular complexity index is 234. The molecular weight excluding hydrogens is 150 g/mol. The molecule has 3 N–H and O–H groups in total. The maximum atomic E-state index is 10.6. The molecular formula is C6H9NO2S. The van der Waals surface area contributed by atoms with Crippen molar-refractivity contribution in [2.45, 2.75) is 6.92 Å². The molecule has 0 aliphatic carbocycles. The molecule has 0 radical (unpaired) electrons. The summed E-state index contributed by atoms with van der Waals surface area (Å²) in [7, 11) is -2.10. The third-order valence-corrected chi connectivity index (χ3v) is 3.81. The van der Waals surface area contributed by atoms with Crippen LogP contribution in [0.2, 0.25) is 0 Å². The molecule has 0 aromatic carbocycles. The Hall–Kier alpha value is -0.740. The van der Waals surface area contributed by atoms with Gasteiger partial charge in [-0.25, -0.2) is 4.79 Å². The number of allylic oxidation sites excluding steroid dienone is 3. The first-order valence-corrected chi connectivity index (χ1v) is 4.52. The Morgan fingerprint density at radius 2 is 2.40 bits per heavy atom. The lowest BCUT2D eigenvalue weighted by atomic mass is 10.5. The van der Waals surface area contributed by atoms with E-state index in [0.29, 0.717) is 0 Å². The van der Waals surface area contributed by atoms with Gasteiger partial charge in [0.1, 0.15) is 0 Å². The zero-order valence-electron chi connectivity index (χ0n) is 5.57. The van der Waals surface area contributed by atoms with Gasteiger partial charge in [0.25, 0.3) is 0 Å². The fourth-order valence-corrected chi connectivity index (χ4v) is 1.95. The van der Waals surface area contributed by atoms with Gasteiger partial charge in [-0.05, 0) is 27.5 Å². The topological polar surface area (TPSA) is 63.3 Å². The summed E-state index contributed by atoms with van der Waals surface area (Å²) in [5, 5.41) is 14.9. The molecule has 0 saturated heterocycles. The van der Waals surface area contributed by atoms with Gasteiger partial charge < -0.3 is 5.11 Å². The van der Waals surface area contributed by atoms with Crippen molar-refractivity contribution in [1.82, 2.24) is 0 Å². The SMILES string of the molecule is CC1=CC=CS1(N)C(=O)O. The smallest absolute Gasteiger partial charge is 0.367 e. The minimum atomic E-state index is -2.10. The van der Waals surface area contributed by atoms with E-state index in [1.165, 1.54) is 0 Å². The Balaban J connectivity index is 3.00. The summed E-state index contributed by atoms with van der Waals surface area (Å²) >= 11 is 0. The molecule has 0 spiro atoms. The van der Waals surface area contributed by atoms with Crippen LogP contribution in [0.25, 0.3) is 0 Å². The standard InChI is InChI=1S/C6H9NO2S/c1-5-3-2-4-10(5,7)6(8)9/h2-4H,7H2,1H3,(H,8,9). The molecule has 0 aromatic heterocycles. The summed E-state index contributed by atoms with van der Waals surface area (Å²) in [4.78, 5) is 11.3. The summed E-state index contributed by atoms with van der Waals surface area (Å²) in [6.07, 6.45) is 3.43. The van der Waals surface area contributed by atoms with Gasteiger partial charge in [0.05, 0.1) is 0 Å². The fraction of sp³-hybridized carbons (Fsp3) is 0.167. The molecule has 0 fully saturated rings. The lowest BCUT2D eigenvalue weighted by Crippen LogP contribution is -2.15. The summed E-state index contributed by atoms with van der Waals surface area (Å²) in [5.74, 6) is 0. The van der Waals surface area contributed by atoms with Crippen LogP contribution in [0, 0.1) is 0 Å². The second kappa shape index (κ2) is 2.14. The predicted molar refractivity (Wildman–Crippen MR) is 42.7 cm³/mol. The van der Waals surface area contributed by atoms with E-state index in [0.717, 1.165) is 4.91 Å². The molecule has 1 rings (SSSR count). The lowest BCUT2D eigenvalue weighted by molar-refractivity contribution is 0.221. The van der Waals surface area contributed by atoms with Crippen molar-refractivity contribution in [3.05, 3.63) is 22.5 Å². The highest BCUT2D eigenvalue weighted by molar-refractivity contribution is 8.48. The monoisotopic (exact) mass is 159 g/mol. The van der Waals surface area contributed by atoms with Crippen molar-refractivity contribution in [3.8, 4) is 0 Å². The van der Waals surface area contributed by atoms with Crippen LogP contribution in [0.3, 0.4) is 0 Å². The zero-order valence-corrected chi connectivity index (χ0v) is 6.39. The van der Waals surface area contributed by atoms with Crippen LogP contribution in [-0.4, -0.2) is 10.4 Å². The number of carbonyl (C=O) groups is 1. The van der Waals surface area contributed by atoms with Crippen molar-refractivity contribution >= 4 is 15.5 Å². The second-order valence-electron chi connectivity index (χ2n) is 2.08. The lowest BCUT2D eigenvalue weighted by Gasteiger charge is -2.23. The van der Waals surface area contributed by atoms with Crippen LogP contribution in [0.1, 0.15) is 6.92 Å². The average molecular weight is 159 g/mol. The molecule has 1 atom stereocenters. The van der Waals surface area contributed by atoms with Gasteiger partial charge in [-0.3, -0.25) is 5.14 Å². The van der Waals surface area contributed by atoms with Crippen molar-refractivity contribution in [2.24, 2.45) is 5.14 Å². The van der Waals surface area contributed by atoms with Crippen molar-refractivity contribution in [3.63, 3.8) is 0 Å². The Labute approximate surface area is 60.7 Å². The molecule has 0 amide bonds. The molecule has 1 heterocycles. The highest BCUT2D eigenvalue weighted by atomic mass is 32.3. The van der Waals surface area contributed by atoms with Gasteiger partial charge in [0, 0.05) is 0 Å². The Morgan fingerprint density at radius 1 is 1.80 bits per heavy atom. The third kappa shape index (κ3) is 0.853. The van der Waals surface area contributed by atoms with E-state index in [9.17, 15) is 4.79 Å². The molecule has 0 bridgehead atoms. The average Bonchev–Trinajstić information content (AvgIpc) is 2.15. The summed E-state index contributed by atoms with van der Waals surface area (Å²) in [5.41, 5.74) is 0. The van der Waals surface area contributed by atoms with Crippen LogP contribution in [0.4, 0.5) is 4.79 Å². The van der Waals surface area contributed by atoms with E-state index in [4.69, 9.17) is 10.2 Å². The van der Waals surface area contributed by atoms with E-state index in [-0.39, 0.29) is 0 Å². The van der Waals surface area contributed by atoms with Gasteiger partial charge in [-0.15, -0.1) is 0 Å². The minimum absolute atomic E-state index is 0.750. The van der Waals surface area contributed by atoms with Gasteiger partial charge in [0.2, 0.25) is 0 Å². The van der Waals surface area contributed by atoms with Crippen LogP contribution >= 0.6 is 10.2 Å². The van der Waals surface area contributed by atoms with E-state index >= 15 is 0 Å². The van der Waals surface area contributed by atoms with Crippen molar-refractivity contribution < 1.29 is 9.90 Å². The van der Waals surface area contributed by atoms with Crippen LogP contribution in [-0.2, 0) is 0 Å². The molecule has 0 aromatic rings. The molecule has 1 aliphatic rings. The normalized spacial score (nSPS) is 36.8. The molecule has 4 heteroatoms. The summed E-state index contributed by atoms with van der Waals surface area (Å²) in [6, 6.07) is 0. The summed E-state index contributed by atoms with van der Waals surface area (Å²) in [6.45, 7) is 1.74. The van der Waals surface area contributed by atoms with Crippen molar-refractivity contribution in [2.75, 3.05) is 0 Å². The maximum Gasteiger partial charge on any atom is 0.367 e. The second-order valence-corrected chi connectivity index (χ2v) is 4.77. The van der Waals surface area contributed by atoms with E-state index < -0.39 is 15.5 Å². The first kappa shape index (κ1) is 7.37. The Kier molecular flexibility index (Phi) is 1.58. The molecule has 56 valence electrons. The van der Waals surface area contributed by atoms with Gasteiger partial charge >= 0.3 is 5.30 Å². The number of rotatable bonds is 0. The first-order chi connectivity index (χ1) is 4.57. The summed E-state index contributed by atoms with van der Waals surface area (Å²) < 4.78 is 0. The minimum Gasteiger partial charge on any atom is -0.473 e. The molecule has 3 nitrogen and oxygen atoms in total. The highest BCUT2D eigenvalue weighted by Crippen LogP contribution is 2.52. The van der Waals surface area contributed by atoms with E-state index in [1.54, 1.807) is 24.5 Å². The molecule has 0 saturated carbocycles. The highest BCUT2D eigenvalue weighted by Gasteiger charge is 2.28. The van der Waals surface area contributed by atoms with Gasteiger partial charge in [0.15, 0.2) is 0 Å². The third-order valence-electron chi connectivity index (χ3n) is 1.45. The molecule has 1 aliphatic heterocycles. The number of hydrogen-bond donors (Lipinski definition) is 2. The molecule has 1 unspecified atom stereocenters. The first-order valence-electron chi connectivity index (χ1n) is 2.76. The number of carboxylic acid groups (broad SMARTS) is 1. The van der Waals surface area contributed by atoms with Gasteiger partial charge in [-0.1, -0.05) is 12.2 Å². The maximum absolute atomic E-state index is 10.6. The Morgan fingerprint density at radius 3 is 2.60 bits per heavy atom. The van der Waals surface area contributed by atoms with Crippen LogP contribution in [0.15, 0.2) is 22.5 Å². The van der Waals surface area contributed by atoms with Crippen LogP contribution in [0.5, 0.6) is 0 Å². The van der Waals surface area contributed by atoms with Gasteiger partial charge in [-0.2, -0.15) is 0 Å². The number of nitrogens with two attached hydrogens (primary N) is 1. The number of hydrogen-bond acceptors (Lipinski definition) is 2. The molecule has 10 heavy (non-hydrogen) atoms. The predicted octanol–water partition coefficient (Wildman–Crippen LogP) is 1.77. The zero-order chi connectivity index (χ0) is 7.78. The van der Waals surface area contributed by atoms with E-state index in [1.807, 2.05) is 0 Å². The van der Waals surface area contributed by atoms with Crippen LogP contribution < -0.4 is 5.14 Å². The van der Waals surface area contributed by atoms with Crippen molar-refractivity contribution in [1.29, 1.82) is 0 Å². The van der Waals surface area contributed by atoms with E-state index in [2.05, 4.69) is 0 Å².